The molecule has 31 heavy (non-hydrogen) atoms. The molecule has 5 heteroatoms. The molecule has 0 saturated heterocycles. The number of carbonyl (C=O) groups is 2. The second-order valence-electron chi connectivity index (χ2n) is 8.23. The molecule has 0 spiro atoms. The second kappa shape index (κ2) is 18.7. The van der Waals surface area contributed by atoms with Gasteiger partial charge in [0.25, 0.3) is 0 Å². The molecule has 1 aromatic carbocycles. The summed E-state index contributed by atoms with van der Waals surface area (Å²) in [4.78, 5) is 24.6. The van der Waals surface area contributed by atoms with E-state index in [0.29, 0.717) is 19.6 Å². The van der Waals surface area contributed by atoms with Crippen LogP contribution in [0.25, 0.3) is 0 Å². The summed E-state index contributed by atoms with van der Waals surface area (Å²) in [6.07, 6.45) is 13.9. The van der Waals surface area contributed by atoms with Crippen LogP contribution in [0.4, 0.5) is 4.79 Å². The third-order valence-corrected chi connectivity index (χ3v) is 5.33. The molecule has 1 aromatic rings. The molecule has 1 amide bonds. The van der Waals surface area contributed by atoms with E-state index in [2.05, 4.69) is 12.2 Å². The maximum Gasteiger partial charge on any atom is 0.407 e. The van der Waals surface area contributed by atoms with Crippen LogP contribution >= 0.6 is 0 Å². The molecular weight excluding hydrogens is 390 g/mol. The molecule has 0 aliphatic heterocycles. The maximum absolute atomic E-state index is 12.6. The van der Waals surface area contributed by atoms with Crippen molar-refractivity contribution in [2.45, 2.75) is 103 Å². The molecule has 5 nitrogen and oxygen atoms in total. The van der Waals surface area contributed by atoms with Crippen LogP contribution in [0, 0.1) is 0 Å². The summed E-state index contributed by atoms with van der Waals surface area (Å²) in [6, 6.07) is 8.90. The number of esters is 1. The Morgan fingerprint density at radius 1 is 0.742 bits per heavy atom. The number of ether oxygens (including phenoxy) is 2. The first-order valence-corrected chi connectivity index (χ1v) is 12.3. The smallest absolute Gasteiger partial charge is 0.407 e. The molecule has 1 rings (SSSR count). The zero-order valence-corrected chi connectivity index (χ0v) is 19.7. The topological polar surface area (TPSA) is 64.6 Å². The van der Waals surface area contributed by atoms with Gasteiger partial charge in [-0.15, -0.1) is 0 Å². The number of hydrogen-bond donors (Lipinski definition) is 1. The SMILES string of the molecule is CCCCCCCCCCCCOC(=O)C(Cc1ccccc1)NC(=O)OCCCC. The first-order valence-electron chi connectivity index (χ1n) is 12.3. The number of hydrogen-bond acceptors (Lipinski definition) is 4. The van der Waals surface area contributed by atoms with E-state index in [1.54, 1.807) is 0 Å². The van der Waals surface area contributed by atoms with Crippen molar-refractivity contribution >= 4 is 12.1 Å². The van der Waals surface area contributed by atoms with Gasteiger partial charge in [0.2, 0.25) is 0 Å². The van der Waals surface area contributed by atoms with Gasteiger partial charge in [-0.2, -0.15) is 0 Å². The minimum Gasteiger partial charge on any atom is -0.464 e. The molecule has 0 saturated carbocycles. The lowest BCUT2D eigenvalue weighted by atomic mass is 10.1. The van der Waals surface area contributed by atoms with Crippen LogP contribution in [0.15, 0.2) is 30.3 Å². The molecule has 176 valence electrons. The molecule has 0 aliphatic rings. The Kier molecular flexibility index (Phi) is 16.3. The van der Waals surface area contributed by atoms with Crippen LogP contribution in [-0.2, 0) is 20.7 Å². The number of alkyl carbamates (subject to hydrolysis) is 1. The zero-order chi connectivity index (χ0) is 22.6. The second-order valence-corrected chi connectivity index (χ2v) is 8.23. The Labute approximate surface area is 189 Å². The highest BCUT2D eigenvalue weighted by atomic mass is 16.6. The fourth-order valence-electron chi connectivity index (χ4n) is 3.40. The minimum atomic E-state index is -0.736. The number of unbranched alkanes of at least 4 members (excludes halogenated alkanes) is 10. The predicted octanol–water partition coefficient (Wildman–Crippen LogP) is 6.59. The number of amides is 1. The third-order valence-electron chi connectivity index (χ3n) is 5.33. The Bertz CT molecular complexity index is 576. The highest BCUT2D eigenvalue weighted by Crippen LogP contribution is 2.11. The van der Waals surface area contributed by atoms with Gasteiger partial charge in [0.15, 0.2) is 0 Å². The van der Waals surface area contributed by atoms with E-state index in [0.717, 1.165) is 31.2 Å². The highest BCUT2D eigenvalue weighted by molar-refractivity contribution is 5.81. The summed E-state index contributed by atoms with van der Waals surface area (Å²) in [5.41, 5.74) is 0.970. The first-order chi connectivity index (χ1) is 15.2. The van der Waals surface area contributed by atoms with Gasteiger partial charge in [-0.25, -0.2) is 9.59 Å². The van der Waals surface area contributed by atoms with E-state index < -0.39 is 18.1 Å². The van der Waals surface area contributed by atoms with Gasteiger partial charge >= 0.3 is 12.1 Å². The summed E-state index contributed by atoms with van der Waals surface area (Å²) in [7, 11) is 0. The predicted molar refractivity (Wildman–Crippen MR) is 126 cm³/mol. The largest absolute Gasteiger partial charge is 0.464 e. The number of carbonyl (C=O) groups excluding carboxylic acids is 2. The third kappa shape index (κ3) is 14.6. The van der Waals surface area contributed by atoms with Crippen molar-refractivity contribution in [1.29, 1.82) is 0 Å². The van der Waals surface area contributed by atoms with E-state index in [9.17, 15) is 9.59 Å². The number of benzene rings is 1. The monoisotopic (exact) mass is 433 g/mol. The van der Waals surface area contributed by atoms with Gasteiger partial charge in [-0.1, -0.05) is 108 Å². The van der Waals surface area contributed by atoms with Crippen LogP contribution in [0.3, 0.4) is 0 Å². The Hall–Kier alpha value is -2.04. The molecule has 1 unspecified atom stereocenters. The van der Waals surface area contributed by atoms with Crippen molar-refractivity contribution in [3.8, 4) is 0 Å². The molecule has 0 aliphatic carbocycles. The Morgan fingerprint density at radius 2 is 1.29 bits per heavy atom. The van der Waals surface area contributed by atoms with E-state index in [-0.39, 0.29) is 0 Å². The lowest BCUT2D eigenvalue weighted by Crippen LogP contribution is -2.43. The molecule has 0 heterocycles. The maximum atomic E-state index is 12.6. The molecule has 0 aromatic heterocycles. The summed E-state index contributed by atoms with van der Waals surface area (Å²) < 4.78 is 10.6. The zero-order valence-electron chi connectivity index (χ0n) is 19.7. The van der Waals surface area contributed by atoms with Gasteiger partial charge in [0.05, 0.1) is 13.2 Å². The fraction of sp³-hybridized carbons (Fsp3) is 0.692. The van der Waals surface area contributed by atoms with Crippen molar-refractivity contribution in [2.24, 2.45) is 0 Å². The van der Waals surface area contributed by atoms with Crippen molar-refractivity contribution in [2.75, 3.05) is 13.2 Å². The van der Waals surface area contributed by atoms with Gasteiger partial charge in [0.1, 0.15) is 6.04 Å². The summed E-state index contributed by atoms with van der Waals surface area (Å²) in [5, 5.41) is 2.68. The van der Waals surface area contributed by atoms with E-state index >= 15 is 0 Å². The van der Waals surface area contributed by atoms with Crippen LogP contribution < -0.4 is 5.32 Å². The molecule has 0 radical (unpaired) electrons. The summed E-state index contributed by atoms with van der Waals surface area (Å²) in [5.74, 6) is -0.396. The van der Waals surface area contributed by atoms with Gasteiger partial charge in [-0.05, 0) is 18.4 Å². The Morgan fingerprint density at radius 3 is 1.90 bits per heavy atom. The highest BCUT2D eigenvalue weighted by Gasteiger charge is 2.23. The van der Waals surface area contributed by atoms with Crippen molar-refractivity contribution < 1.29 is 19.1 Å². The average molecular weight is 434 g/mol. The number of nitrogens with one attached hydrogen (secondary N) is 1. The minimum absolute atomic E-state index is 0.355. The fourth-order valence-corrected chi connectivity index (χ4v) is 3.40. The van der Waals surface area contributed by atoms with Gasteiger partial charge in [-0.3, -0.25) is 0 Å². The Balaban J connectivity index is 2.29. The summed E-state index contributed by atoms with van der Waals surface area (Å²) >= 11 is 0. The van der Waals surface area contributed by atoms with E-state index in [1.807, 2.05) is 37.3 Å². The normalized spacial score (nSPS) is 11.7. The average Bonchev–Trinajstić information content (AvgIpc) is 2.77. The molecule has 1 N–H and O–H groups in total. The quantitative estimate of drug-likeness (QED) is 0.209. The van der Waals surface area contributed by atoms with Gasteiger partial charge in [0, 0.05) is 6.42 Å². The van der Waals surface area contributed by atoms with Gasteiger partial charge < -0.3 is 14.8 Å². The van der Waals surface area contributed by atoms with Crippen molar-refractivity contribution in [1.82, 2.24) is 5.32 Å². The molecule has 1 atom stereocenters. The lowest BCUT2D eigenvalue weighted by Gasteiger charge is -2.18. The van der Waals surface area contributed by atoms with Crippen molar-refractivity contribution in [3.63, 3.8) is 0 Å². The summed E-state index contributed by atoms with van der Waals surface area (Å²) in [6.45, 7) is 5.03. The molecule has 0 bridgehead atoms. The van der Waals surface area contributed by atoms with Crippen LogP contribution in [-0.4, -0.2) is 31.3 Å². The van der Waals surface area contributed by atoms with Crippen molar-refractivity contribution in [3.05, 3.63) is 35.9 Å². The first kappa shape index (κ1) is 27.0. The van der Waals surface area contributed by atoms with Crippen LogP contribution in [0.5, 0.6) is 0 Å². The van der Waals surface area contributed by atoms with Crippen LogP contribution in [0.1, 0.15) is 96.5 Å². The van der Waals surface area contributed by atoms with E-state index in [1.165, 1.54) is 51.4 Å². The lowest BCUT2D eigenvalue weighted by molar-refractivity contribution is -0.146. The molecule has 0 fully saturated rings. The van der Waals surface area contributed by atoms with E-state index in [4.69, 9.17) is 9.47 Å². The molecular formula is C26H43NO4. The standard InChI is InChI=1S/C26H43NO4/c1-3-5-7-8-9-10-11-12-13-17-21-30-25(28)24(22-23-18-15-14-16-19-23)27-26(29)31-20-6-4-2/h14-16,18-19,24H,3-13,17,20-22H2,1-2H3,(H,27,29). The van der Waals surface area contributed by atoms with Crippen LogP contribution in [0.2, 0.25) is 0 Å². The number of rotatable bonds is 18.